The van der Waals surface area contributed by atoms with Gasteiger partial charge in [0.15, 0.2) is 11.5 Å². The van der Waals surface area contributed by atoms with Gasteiger partial charge in [0.05, 0.1) is 17.4 Å². The van der Waals surface area contributed by atoms with E-state index in [0.29, 0.717) is 5.56 Å². The minimum Gasteiger partial charge on any atom is -0.479 e. The van der Waals surface area contributed by atoms with Crippen LogP contribution in [0.25, 0.3) is 0 Å². The van der Waals surface area contributed by atoms with Gasteiger partial charge in [-0.3, -0.25) is 14.1 Å². The third kappa shape index (κ3) is 6.42. The lowest BCUT2D eigenvalue weighted by atomic mass is 9.78. The Balaban J connectivity index is 1.37. The molecule has 232 valence electrons. The number of hydrogen-bond acceptors (Lipinski definition) is 10. The maximum atomic E-state index is 13.3. The van der Waals surface area contributed by atoms with Crippen LogP contribution in [0.2, 0.25) is 0 Å². The molecule has 1 N–H and O–H groups in total. The molecule has 2 aromatic rings. The largest absolute Gasteiger partial charge is 0.573 e. The number of esters is 3. The fourth-order valence-electron chi connectivity index (χ4n) is 6.10. The van der Waals surface area contributed by atoms with Gasteiger partial charge >= 0.3 is 24.3 Å². The molecule has 2 aliphatic carbocycles. The van der Waals surface area contributed by atoms with E-state index in [4.69, 9.17) is 23.5 Å². The van der Waals surface area contributed by atoms with E-state index in [-0.39, 0.29) is 17.7 Å². The van der Waals surface area contributed by atoms with Gasteiger partial charge in [-0.05, 0) is 44.0 Å². The number of carbonyl (C=O) groups excluding carboxylic acids is 3. The molecule has 15 heteroatoms. The van der Waals surface area contributed by atoms with E-state index in [1.807, 2.05) is 0 Å². The van der Waals surface area contributed by atoms with E-state index >= 15 is 0 Å². The molecule has 2 aromatic carbocycles. The van der Waals surface area contributed by atoms with Crippen LogP contribution in [0, 0.1) is 23.7 Å². The van der Waals surface area contributed by atoms with Gasteiger partial charge in [0.25, 0.3) is 10.1 Å². The molecule has 3 aliphatic rings. The van der Waals surface area contributed by atoms with Crippen molar-refractivity contribution >= 4 is 28.0 Å². The monoisotopic (exact) mass is 628 g/mol. The van der Waals surface area contributed by atoms with Gasteiger partial charge in [0.2, 0.25) is 0 Å². The topological polar surface area (TPSA) is 152 Å². The fourth-order valence-corrected chi connectivity index (χ4v) is 6.40. The van der Waals surface area contributed by atoms with Crippen LogP contribution in [0.4, 0.5) is 13.2 Å². The molecule has 6 atom stereocenters. The number of rotatable bonds is 10. The molecule has 43 heavy (non-hydrogen) atoms. The van der Waals surface area contributed by atoms with Gasteiger partial charge in [0.1, 0.15) is 30.2 Å². The van der Waals surface area contributed by atoms with Crippen LogP contribution in [-0.4, -0.2) is 61.8 Å². The average molecular weight is 629 g/mol. The average Bonchev–Trinajstić information content (AvgIpc) is 3.52. The molecule has 0 spiro atoms. The van der Waals surface area contributed by atoms with Crippen LogP contribution >= 0.6 is 0 Å². The van der Waals surface area contributed by atoms with Crippen molar-refractivity contribution in [2.75, 3.05) is 12.4 Å². The Morgan fingerprint density at radius 1 is 1.02 bits per heavy atom. The molecule has 1 aliphatic heterocycles. The van der Waals surface area contributed by atoms with Gasteiger partial charge in [-0.1, -0.05) is 30.3 Å². The second-order valence-electron chi connectivity index (χ2n) is 11.0. The fraction of sp³-hybridized carbons (Fsp3) is 0.464. The minimum absolute atomic E-state index is 0.190. The van der Waals surface area contributed by atoms with E-state index in [1.54, 1.807) is 44.2 Å². The van der Waals surface area contributed by atoms with Crippen molar-refractivity contribution in [2.24, 2.45) is 23.7 Å². The Labute approximate surface area is 243 Å². The Bertz CT molecular complexity index is 1520. The minimum atomic E-state index is -5.05. The van der Waals surface area contributed by atoms with Crippen molar-refractivity contribution in [2.45, 2.75) is 44.4 Å². The van der Waals surface area contributed by atoms with Crippen LogP contribution < -0.4 is 9.47 Å². The van der Waals surface area contributed by atoms with Crippen molar-refractivity contribution in [3.05, 3.63) is 59.7 Å². The first-order chi connectivity index (χ1) is 20.0. The lowest BCUT2D eigenvalue weighted by Crippen LogP contribution is -2.44. The number of alkyl halides is 3. The molecule has 2 bridgehead atoms. The number of ether oxygens (including phenoxy) is 5. The summed E-state index contributed by atoms with van der Waals surface area (Å²) in [5.74, 6) is -7.56. The number of halogens is 3. The summed E-state index contributed by atoms with van der Waals surface area (Å²) in [6.45, 7) is 2.61. The number of fused-ring (bicyclic) bond motifs is 1. The maximum absolute atomic E-state index is 13.3. The third-order valence-corrected chi connectivity index (χ3v) is 8.57. The highest BCUT2D eigenvalue weighted by atomic mass is 32.2. The van der Waals surface area contributed by atoms with E-state index in [9.17, 15) is 36.0 Å². The lowest BCUT2D eigenvalue weighted by Gasteiger charge is -2.30. The second-order valence-corrected chi connectivity index (χ2v) is 12.6. The van der Waals surface area contributed by atoms with Crippen LogP contribution in [0.5, 0.6) is 11.5 Å². The van der Waals surface area contributed by atoms with Crippen molar-refractivity contribution < 1.29 is 64.2 Å². The predicted molar refractivity (Wildman–Crippen MR) is 138 cm³/mol. The molecule has 5 rings (SSSR count). The standard InChI is InChI=1S/C28H27F3O11S/c1-27(2,15-6-4-3-5-7-15)41-19-12-14(8-9-18(19)42-28(29,30)31)24(32)39-22-16-13-17-21(26(34)40-23(17)22)20(16)25(33)38-10-11-43(35,36)37/h3-9,12,16-17,20-23H,10-11,13H2,1-2H3,(H,35,36,37). The Hall–Kier alpha value is -3.85. The van der Waals surface area contributed by atoms with Gasteiger partial charge < -0.3 is 23.7 Å². The molecule has 3 fully saturated rings. The normalized spacial score (nSPS) is 26.1. The zero-order valence-corrected chi connectivity index (χ0v) is 23.6. The van der Waals surface area contributed by atoms with Crippen molar-refractivity contribution in [3.8, 4) is 11.5 Å². The zero-order chi connectivity index (χ0) is 31.3. The van der Waals surface area contributed by atoms with Crippen LogP contribution in [-0.2, 0) is 39.5 Å². The maximum Gasteiger partial charge on any atom is 0.573 e. The SMILES string of the molecule is CC(C)(Oc1cc(C(=O)OC2C3CC4C2OC(=O)C4C3C(=O)OCCS(=O)(=O)O)ccc1OC(F)(F)F)c1ccccc1. The molecular formula is C28H27F3O11S. The lowest BCUT2D eigenvalue weighted by molar-refractivity contribution is -0.275. The van der Waals surface area contributed by atoms with E-state index in [2.05, 4.69) is 4.74 Å². The zero-order valence-electron chi connectivity index (χ0n) is 22.8. The first-order valence-corrected chi connectivity index (χ1v) is 14.8. The molecule has 0 aromatic heterocycles. The number of hydrogen-bond donors (Lipinski definition) is 1. The molecule has 11 nitrogen and oxygen atoms in total. The van der Waals surface area contributed by atoms with Crippen LogP contribution in [0.1, 0.15) is 36.2 Å². The predicted octanol–water partition coefficient (Wildman–Crippen LogP) is 3.66. The highest BCUT2D eigenvalue weighted by molar-refractivity contribution is 7.85. The third-order valence-electron chi connectivity index (χ3n) is 7.89. The van der Waals surface area contributed by atoms with Gasteiger partial charge in [0, 0.05) is 11.8 Å². The summed E-state index contributed by atoms with van der Waals surface area (Å²) in [4.78, 5) is 38.7. The number of benzene rings is 2. The Morgan fingerprint density at radius 2 is 1.72 bits per heavy atom. The van der Waals surface area contributed by atoms with E-state index in [0.717, 1.165) is 18.2 Å². The molecule has 0 amide bonds. The van der Waals surface area contributed by atoms with Crippen molar-refractivity contribution in [1.29, 1.82) is 0 Å². The van der Waals surface area contributed by atoms with E-state index in [1.165, 1.54) is 0 Å². The summed E-state index contributed by atoms with van der Waals surface area (Å²) < 4.78 is 96.4. The molecular weight excluding hydrogens is 601 g/mol. The molecule has 6 unspecified atom stereocenters. The Morgan fingerprint density at radius 3 is 2.37 bits per heavy atom. The molecule has 1 heterocycles. The molecule has 1 saturated heterocycles. The first kappa shape index (κ1) is 30.6. The highest BCUT2D eigenvalue weighted by Crippen LogP contribution is 2.59. The van der Waals surface area contributed by atoms with Gasteiger partial charge in [-0.15, -0.1) is 13.2 Å². The number of carbonyl (C=O) groups is 3. The summed E-state index contributed by atoms with van der Waals surface area (Å²) in [6.07, 6.45) is -6.67. The van der Waals surface area contributed by atoms with Crippen LogP contribution in [0.3, 0.4) is 0 Å². The summed E-state index contributed by atoms with van der Waals surface area (Å²) in [7, 11) is -4.40. The van der Waals surface area contributed by atoms with Crippen molar-refractivity contribution in [1.82, 2.24) is 0 Å². The second kappa shape index (κ2) is 11.0. The van der Waals surface area contributed by atoms with Crippen molar-refractivity contribution in [3.63, 3.8) is 0 Å². The molecule has 2 saturated carbocycles. The first-order valence-electron chi connectivity index (χ1n) is 13.2. The van der Waals surface area contributed by atoms with Crippen LogP contribution in [0.15, 0.2) is 48.5 Å². The molecule has 0 radical (unpaired) electrons. The summed E-state index contributed by atoms with van der Waals surface area (Å²) in [5, 5.41) is 0. The summed E-state index contributed by atoms with van der Waals surface area (Å²) >= 11 is 0. The highest BCUT2D eigenvalue weighted by Gasteiger charge is 2.70. The summed E-state index contributed by atoms with van der Waals surface area (Å²) in [6, 6.07) is 11.7. The van der Waals surface area contributed by atoms with E-state index < -0.39 is 94.0 Å². The summed E-state index contributed by atoms with van der Waals surface area (Å²) in [5.41, 5.74) is -0.701. The Kier molecular flexibility index (Phi) is 7.84. The van der Waals surface area contributed by atoms with Gasteiger partial charge in [-0.25, -0.2) is 4.79 Å². The van der Waals surface area contributed by atoms with Gasteiger partial charge in [-0.2, -0.15) is 8.42 Å². The smallest absolute Gasteiger partial charge is 0.479 e. The quantitative estimate of drug-likeness (QED) is 0.233.